The summed E-state index contributed by atoms with van der Waals surface area (Å²) in [5, 5.41) is 2.43. The van der Waals surface area contributed by atoms with Crippen molar-refractivity contribution in [3.8, 4) is 0 Å². The Bertz CT molecular complexity index is 773. The van der Waals surface area contributed by atoms with Crippen LogP contribution in [0.3, 0.4) is 0 Å². The Hall–Kier alpha value is -3.03. The van der Waals surface area contributed by atoms with Crippen LogP contribution in [0.4, 0.5) is 4.79 Å². The molecule has 27 heavy (non-hydrogen) atoms. The van der Waals surface area contributed by atoms with Gasteiger partial charge < -0.3 is 4.74 Å². The number of rotatable bonds is 5. The Balaban J connectivity index is 1.82. The number of nitrogens with zero attached hydrogens (tertiary/aromatic N) is 2. The molecule has 1 aromatic rings. The number of carbonyl (C=O) groups excluding carboxylic acids is 4. The van der Waals surface area contributed by atoms with Gasteiger partial charge in [-0.05, 0) is 39.8 Å². The van der Waals surface area contributed by atoms with Crippen LogP contribution in [0.2, 0.25) is 0 Å². The summed E-state index contributed by atoms with van der Waals surface area (Å²) >= 11 is 0. The van der Waals surface area contributed by atoms with Crippen molar-refractivity contribution in [3.05, 3.63) is 35.4 Å². The van der Waals surface area contributed by atoms with Crippen molar-refractivity contribution in [2.45, 2.75) is 39.7 Å². The van der Waals surface area contributed by atoms with E-state index in [4.69, 9.17) is 4.74 Å². The molecule has 0 spiro atoms. The number of fused-ring (bicyclic) bond motifs is 1. The minimum atomic E-state index is -0.651. The lowest BCUT2D eigenvalue weighted by Crippen LogP contribution is -2.35. The third-order valence-electron chi connectivity index (χ3n) is 3.67. The molecule has 8 heteroatoms. The fourth-order valence-electron chi connectivity index (χ4n) is 2.46. The lowest BCUT2D eigenvalue weighted by molar-refractivity contribution is -0.117. The molecule has 0 saturated heterocycles. The second-order valence-corrected chi connectivity index (χ2v) is 7.12. The van der Waals surface area contributed by atoms with Gasteiger partial charge in [0.15, 0.2) is 5.78 Å². The number of hydrogen-bond acceptors (Lipinski definition) is 6. The maximum Gasteiger partial charge on any atom is 0.413 e. The van der Waals surface area contributed by atoms with Gasteiger partial charge in [0.25, 0.3) is 11.8 Å². The Labute approximate surface area is 157 Å². The van der Waals surface area contributed by atoms with Crippen LogP contribution in [0, 0.1) is 0 Å². The number of alkyl carbamates (subject to hydrolysis) is 1. The average molecular weight is 373 g/mol. The Morgan fingerprint density at radius 3 is 2.19 bits per heavy atom. The SMILES string of the molecule is CC(=NCC(=O)CCN1C(=O)c2ccccc2C1=O)NC(=O)OC(C)(C)C. The van der Waals surface area contributed by atoms with Gasteiger partial charge in [0.2, 0.25) is 0 Å². The van der Waals surface area contributed by atoms with Gasteiger partial charge in [-0.3, -0.25) is 29.6 Å². The molecule has 0 atom stereocenters. The Morgan fingerprint density at radius 2 is 1.67 bits per heavy atom. The van der Waals surface area contributed by atoms with E-state index in [-0.39, 0.29) is 31.1 Å². The van der Waals surface area contributed by atoms with Crippen LogP contribution in [0.25, 0.3) is 0 Å². The summed E-state index contributed by atoms with van der Waals surface area (Å²) in [5.74, 6) is -0.792. The van der Waals surface area contributed by atoms with Crippen molar-refractivity contribution >= 4 is 29.5 Å². The molecular formula is C19H23N3O5. The highest BCUT2D eigenvalue weighted by atomic mass is 16.6. The summed E-state index contributed by atoms with van der Waals surface area (Å²) in [4.78, 5) is 53.1. The summed E-state index contributed by atoms with van der Waals surface area (Å²) in [6.45, 7) is 6.59. The fraction of sp³-hybridized carbons (Fsp3) is 0.421. The van der Waals surface area contributed by atoms with Crippen LogP contribution >= 0.6 is 0 Å². The standard InChI is InChI=1S/C19H23N3O5/c1-12(21-18(26)27-19(2,3)4)20-11-13(23)9-10-22-16(24)14-7-5-6-8-15(14)17(22)25/h5-8H,9-11H2,1-4H3,(H,20,21,26). The number of hydrogen-bond donors (Lipinski definition) is 1. The monoisotopic (exact) mass is 373 g/mol. The summed E-state index contributed by atoms with van der Waals surface area (Å²) in [6.07, 6.45) is -0.656. The highest BCUT2D eigenvalue weighted by Gasteiger charge is 2.34. The van der Waals surface area contributed by atoms with Crippen molar-refractivity contribution < 1.29 is 23.9 Å². The van der Waals surface area contributed by atoms with Crippen molar-refractivity contribution in [2.24, 2.45) is 4.99 Å². The molecule has 0 saturated carbocycles. The second-order valence-electron chi connectivity index (χ2n) is 7.12. The smallest absolute Gasteiger partial charge is 0.413 e. The first-order valence-corrected chi connectivity index (χ1v) is 8.56. The lowest BCUT2D eigenvalue weighted by atomic mass is 10.1. The van der Waals surface area contributed by atoms with E-state index in [2.05, 4.69) is 10.3 Å². The molecule has 0 bridgehead atoms. The number of amides is 3. The van der Waals surface area contributed by atoms with E-state index in [1.165, 1.54) is 0 Å². The van der Waals surface area contributed by atoms with Crippen LogP contribution in [-0.2, 0) is 9.53 Å². The highest BCUT2D eigenvalue weighted by molar-refractivity contribution is 6.21. The molecule has 0 unspecified atom stereocenters. The van der Waals surface area contributed by atoms with Crippen molar-refractivity contribution in [1.29, 1.82) is 0 Å². The maximum atomic E-state index is 12.2. The summed E-state index contributed by atoms with van der Waals surface area (Å²) in [6, 6.07) is 6.56. The lowest BCUT2D eigenvalue weighted by Gasteiger charge is -2.19. The number of ether oxygens (including phenoxy) is 1. The van der Waals surface area contributed by atoms with E-state index in [0.29, 0.717) is 11.1 Å². The third-order valence-corrected chi connectivity index (χ3v) is 3.67. The average Bonchev–Trinajstić information content (AvgIpc) is 2.81. The van der Waals surface area contributed by atoms with Crippen molar-refractivity contribution in [2.75, 3.05) is 13.1 Å². The molecule has 144 valence electrons. The normalized spacial score (nSPS) is 14.2. The molecular weight excluding hydrogens is 350 g/mol. The molecule has 2 rings (SSSR count). The van der Waals surface area contributed by atoms with Gasteiger partial charge in [0, 0.05) is 13.0 Å². The highest BCUT2D eigenvalue weighted by Crippen LogP contribution is 2.22. The van der Waals surface area contributed by atoms with E-state index in [9.17, 15) is 19.2 Å². The topological polar surface area (TPSA) is 105 Å². The zero-order chi connectivity index (χ0) is 20.2. The molecule has 1 N–H and O–H groups in total. The minimum absolute atomic E-state index is 0.000752. The number of imide groups is 1. The molecule has 3 amide bonds. The third kappa shape index (κ3) is 5.47. The Morgan fingerprint density at radius 1 is 1.11 bits per heavy atom. The number of aliphatic imine (C=N–C) groups is 1. The Kier molecular flexibility index (Phi) is 6.09. The van der Waals surface area contributed by atoms with E-state index in [1.54, 1.807) is 52.0 Å². The van der Waals surface area contributed by atoms with E-state index < -0.39 is 23.5 Å². The number of carbonyl (C=O) groups is 4. The molecule has 8 nitrogen and oxygen atoms in total. The molecule has 0 aliphatic carbocycles. The molecule has 0 radical (unpaired) electrons. The van der Waals surface area contributed by atoms with E-state index >= 15 is 0 Å². The van der Waals surface area contributed by atoms with Crippen LogP contribution in [0.1, 0.15) is 54.8 Å². The van der Waals surface area contributed by atoms with Crippen LogP contribution in [-0.4, -0.2) is 53.1 Å². The molecule has 0 aromatic heterocycles. The first-order valence-electron chi connectivity index (χ1n) is 8.56. The van der Waals surface area contributed by atoms with E-state index in [0.717, 1.165) is 4.90 Å². The first-order chi connectivity index (χ1) is 12.6. The largest absolute Gasteiger partial charge is 0.444 e. The minimum Gasteiger partial charge on any atom is -0.444 e. The number of amidine groups is 1. The van der Waals surface area contributed by atoms with Gasteiger partial charge in [-0.1, -0.05) is 12.1 Å². The van der Waals surface area contributed by atoms with Gasteiger partial charge >= 0.3 is 6.09 Å². The molecule has 1 aliphatic heterocycles. The predicted molar refractivity (Wildman–Crippen MR) is 98.8 cm³/mol. The number of ketones is 1. The van der Waals surface area contributed by atoms with Gasteiger partial charge in [0.05, 0.1) is 17.7 Å². The second kappa shape index (κ2) is 8.11. The van der Waals surface area contributed by atoms with Gasteiger partial charge in [-0.15, -0.1) is 0 Å². The van der Waals surface area contributed by atoms with Crippen molar-refractivity contribution in [3.63, 3.8) is 0 Å². The maximum absolute atomic E-state index is 12.2. The fourth-order valence-corrected chi connectivity index (χ4v) is 2.46. The van der Waals surface area contributed by atoms with E-state index in [1.807, 2.05) is 0 Å². The molecule has 1 aromatic carbocycles. The summed E-state index contributed by atoms with van der Waals surface area (Å²) in [7, 11) is 0. The number of Topliss-reactive ketones (excluding diaryl/α,β-unsaturated/α-hetero) is 1. The zero-order valence-electron chi connectivity index (χ0n) is 15.9. The quantitative estimate of drug-likeness (QED) is 0.484. The van der Waals surface area contributed by atoms with Crippen LogP contribution < -0.4 is 5.32 Å². The predicted octanol–water partition coefficient (Wildman–Crippen LogP) is 2.18. The zero-order valence-corrected chi connectivity index (χ0v) is 15.9. The number of benzene rings is 1. The van der Waals surface area contributed by atoms with Crippen molar-refractivity contribution in [1.82, 2.24) is 10.2 Å². The molecule has 1 heterocycles. The van der Waals surface area contributed by atoms with Gasteiger partial charge in [0.1, 0.15) is 11.4 Å². The van der Waals surface area contributed by atoms with Gasteiger partial charge in [-0.25, -0.2) is 4.79 Å². The first kappa shape index (κ1) is 20.3. The molecule has 1 aliphatic rings. The molecule has 0 fully saturated rings. The van der Waals surface area contributed by atoms with Crippen LogP contribution in [0.15, 0.2) is 29.3 Å². The summed E-state index contributed by atoms with van der Waals surface area (Å²) < 4.78 is 5.09. The number of nitrogens with one attached hydrogen (secondary N) is 1. The summed E-state index contributed by atoms with van der Waals surface area (Å²) in [5.41, 5.74) is 0.0720. The van der Waals surface area contributed by atoms with Crippen LogP contribution in [0.5, 0.6) is 0 Å². The van der Waals surface area contributed by atoms with Gasteiger partial charge in [-0.2, -0.15) is 0 Å².